The molecular weight excluding hydrogens is 405 g/mol. The smallest absolute Gasteiger partial charge is 0.338 e. The fourth-order valence-electron chi connectivity index (χ4n) is 2.53. The van der Waals surface area contributed by atoms with E-state index in [4.69, 9.17) is 5.80 Å². The molecule has 0 aliphatic carbocycles. The average molecular weight is 435 g/mol. The van der Waals surface area contributed by atoms with E-state index in [1.54, 1.807) is 12.1 Å². The van der Waals surface area contributed by atoms with Gasteiger partial charge in [-0.1, -0.05) is 39.0 Å². The molecule has 6 nitrogen and oxygen atoms in total. The van der Waals surface area contributed by atoms with Gasteiger partial charge in [0.1, 0.15) is 5.82 Å². The Morgan fingerprint density at radius 2 is 1.87 bits per heavy atom. The van der Waals surface area contributed by atoms with Crippen molar-refractivity contribution in [2.75, 3.05) is 5.32 Å². The van der Waals surface area contributed by atoms with Gasteiger partial charge in [-0.15, -0.1) is 0 Å². The normalized spacial score (nSPS) is 12.4. The highest BCUT2D eigenvalue weighted by Crippen LogP contribution is 2.37. The van der Waals surface area contributed by atoms with Crippen LogP contribution in [-0.4, -0.2) is 30.5 Å². The fourth-order valence-corrected chi connectivity index (χ4v) is 3.49. The van der Waals surface area contributed by atoms with Gasteiger partial charge in [-0.2, -0.15) is 0 Å². The van der Waals surface area contributed by atoms with Crippen molar-refractivity contribution < 1.29 is 30.0 Å². The maximum Gasteiger partial charge on any atom is 0.338 e. The molecule has 0 amide bonds. The van der Waals surface area contributed by atoms with Gasteiger partial charge in [0.25, 0.3) is 0 Å². The van der Waals surface area contributed by atoms with E-state index in [9.17, 15) is 24.2 Å². The predicted octanol–water partition coefficient (Wildman–Crippen LogP) is 5.36. The number of nitrogens with one attached hydrogen (secondary N) is 1. The number of hydrogen-bond donors (Lipinski definition) is 3. The summed E-state index contributed by atoms with van der Waals surface area (Å²) in [6.07, 6.45) is 0. The van der Waals surface area contributed by atoms with Crippen LogP contribution in [0.3, 0.4) is 0 Å². The van der Waals surface area contributed by atoms with E-state index in [2.05, 4.69) is 39.2 Å². The van der Waals surface area contributed by atoms with Gasteiger partial charge in [0.05, 0.1) is 19.1 Å². The average Bonchev–Trinajstić information content (AvgIpc) is 2.64. The Balaban J connectivity index is 2.20. The van der Waals surface area contributed by atoms with Crippen LogP contribution in [0, 0.1) is 5.82 Å². The first kappa shape index (κ1) is 22.0. The van der Waals surface area contributed by atoms with Crippen LogP contribution in [0.1, 0.15) is 54.0 Å². The summed E-state index contributed by atoms with van der Waals surface area (Å²) in [5.41, 5.74) is -0.194. The molecular formula is C22H28FNO5Si. The first-order chi connectivity index (χ1) is 14.2. The second kappa shape index (κ2) is 8.97. The molecule has 0 aliphatic heterocycles. The maximum atomic E-state index is 14.6. The molecule has 0 unspecified atom stereocenters. The van der Waals surface area contributed by atoms with Crippen LogP contribution >= 0.6 is 0 Å². The largest absolute Gasteiger partial charge is 0.478 e. The Labute approximate surface area is 178 Å². The highest BCUT2D eigenvalue weighted by Gasteiger charge is 2.37. The number of carboxylic acids is 2. The number of rotatable bonds is 8. The lowest BCUT2D eigenvalue weighted by Crippen LogP contribution is -2.40. The molecule has 0 atom stereocenters. The van der Waals surface area contributed by atoms with Gasteiger partial charge in [0, 0.05) is 17.8 Å². The summed E-state index contributed by atoms with van der Waals surface area (Å²) in [5, 5.41) is 21.4. The summed E-state index contributed by atoms with van der Waals surface area (Å²) in [5.74, 6) is -3.40. The highest BCUT2D eigenvalue weighted by molar-refractivity contribution is 6.74. The van der Waals surface area contributed by atoms with E-state index in [1.165, 1.54) is 12.1 Å². The minimum atomic E-state index is -1.98. The Morgan fingerprint density at radius 3 is 2.40 bits per heavy atom. The molecule has 3 N–H and O–H groups in total. The Hall–Kier alpha value is -2.71. The minimum absolute atomic E-state index is 0.0374. The topological polar surface area (TPSA) is 95.9 Å². The van der Waals surface area contributed by atoms with Gasteiger partial charge >= 0.3 is 11.9 Å². The standard InChI is InChI=1S/C22H28FNO5Si/c1-22(2,3)30(4,5)29-13-14-9-10-15(17(23)11-14)12-24-18-8-6-7-16(20(25)26)19(18)21(27)28/h6-11,24H,12-13H2,1-5H3,(H,25,26)(H,27,28)/i8D. The lowest BCUT2D eigenvalue weighted by molar-refractivity contribution is 0.0652. The predicted molar refractivity (Wildman–Crippen MR) is 116 cm³/mol. The van der Waals surface area contributed by atoms with Gasteiger partial charge in [0.2, 0.25) is 0 Å². The number of anilines is 1. The van der Waals surface area contributed by atoms with Crippen LogP contribution in [0.5, 0.6) is 0 Å². The number of aromatic carboxylic acids is 2. The Morgan fingerprint density at radius 1 is 1.20 bits per heavy atom. The van der Waals surface area contributed by atoms with Crippen molar-refractivity contribution in [2.45, 2.75) is 52.1 Å². The van der Waals surface area contributed by atoms with Crippen molar-refractivity contribution in [3.05, 3.63) is 64.4 Å². The molecule has 30 heavy (non-hydrogen) atoms. The van der Waals surface area contributed by atoms with Crippen molar-refractivity contribution in [1.82, 2.24) is 0 Å². The molecule has 0 saturated heterocycles. The van der Waals surface area contributed by atoms with Crippen molar-refractivity contribution in [3.8, 4) is 0 Å². The van der Waals surface area contributed by atoms with Crippen LogP contribution in [0.2, 0.25) is 18.1 Å². The quantitative estimate of drug-likeness (QED) is 0.484. The lowest BCUT2D eigenvalue weighted by Gasteiger charge is -2.36. The third-order valence-corrected chi connectivity index (χ3v) is 9.90. The Bertz CT molecular complexity index is 1000. The summed E-state index contributed by atoms with van der Waals surface area (Å²) in [7, 11) is -1.98. The molecule has 0 fully saturated rings. The zero-order valence-electron chi connectivity index (χ0n) is 18.8. The van der Waals surface area contributed by atoms with Gasteiger partial charge in [-0.05, 0) is 41.9 Å². The highest BCUT2D eigenvalue weighted by atomic mass is 28.4. The number of hydrogen-bond acceptors (Lipinski definition) is 4. The fraction of sp³-hybridized carbons (Fsp3) is 0.364. The summed E-state index contributed by atoms with van der Waals surface area (Å²) >= 11 is 0. The van der Waals surface area contributed by atoms with E-state index in [-0.39, 0.29) is 28.9 Å². The van der Waals surface area contributed by atoms with E-state index >= 15 is 0 Å². The molecule has 0 bridgehead atoms. The van der Waals surface area contributed by atoms with Crippen LogP contribution in [0.25, 0.3) is 0 Å². The number of benzene rings is 2. The lowest BCUT2D eigenvalue weighted by atomic mass is 10.0. The third kappa shape index (κ3) is 5.46. The van der Waals surface area contributed by atoms with Crippen LogP contribution in [0.15, 0.2) is 36.4 Å². The Kier molecular flexibility index (Phi) is 6.57. The van der Waals surface area contributed by atoms with E-state index in [0.717, 1.165) is 6.07 Å². The molecule has 2 aromatic carbocycles. The summed E-state index contributed by atoms with van der Waals surface area (Å²) in [6.45, 7) is 10.8. The molecule has 2 rings (SSSR count). The van der Waals surface area contributed by atoms with E-state index < -0.39 is 37.2 Å². The number of halogens is 1. The van der Waals surface area contributed by atoms with E-state index in [0.29, 0.717) is 12.2 Å². The van der Waals surface area contributed by atoms with Gasteiger partial charge in [-0.25, -0.2) is 14.0 Å². The van der Waals surface area contributed by atoms with Crippen LogP contribution in [0.4, 0.5) is 10.1 Å². The molecule has 8 heteroatoms. The minimum Gasteiger partial charge on any atom is -0.478 e. The molecule has 162 valence electrons. The summed E-state index contributed by atoms with van der Waals surface area (Å²) < 4.78 is 28.7. The zero-order chi connectivity index (χ0) is 23.6. The van der Waals surface area contributed by atoms with Crippen molar-refractivity contribution in [3.63, 3.8) is 0 Å². The first-order valence-corrected chi connectivity index (χ1v) is 12.4. The van der Waals surface area contributed by atoms with Gasteiger partial charge < -0.3 is 20.0 Å². The molecule has 0 spiro atoms. The number of carboxylic acid groups (broad SMARTS) is 2. The second-order valence-electron chi connectivity index (χ2n) is 8.58. The van der Waals surface area contributed by atoms with Crippen molar-refractivity contribution >= 4 is 25.9 Å². The van der Waals surface area contributed by atoms with Crippen LogP contribution in [-0.2, 0) is 17.6 Å². The maximum absolute atomic E-state index is 14.6. The molecule has 0 heterocycles. The van der Waals surface area contributed by atoms with Gasteiger partial charge in [-0.3, -0.25) is 0 Å². The molecule has 0 saturated carbocycles. The van der Waals surface area contributed by atoms with E-state index in [1.807, 2.05) is 0 Å². The number of carbonyl (C=O) groups is 2. The molecule has 0 radical (unpaired) electrons. The van der Waals surface area contributed by atoms with Crippen LogP contribution < -0.4 is 5.32 Å². The molecule has 0 aromatic heterocycles. The second-order valence-corrected chi connectivity index (χ2v) is 13.4. The zero-order valence-corrected chi connectivity index (χ0v) is 18.8. The van der Waals surface area contributed by atoms with Crippen molar-refractivity contribution in [2.24, 2.45) is 0 Å². The van der Waals surface area contributed by atoms with Crippen molar-refractivity contribution in [1.29, 1.82) is 0 Å². The molecule has 2 aromatic rings. The monoisotopic (exact) mass is 434 g/mol. The molecule has 0 aliphatic rings. The summed E-state index contributed by atoms with van der Waals surface area (Å²) in [6, 6.07) is 6.74. The third-order valence-electron chi connectivity index (χ3n) is 5.42. The SMILES string of the molecule is [2H]c1ccc(C(=O)O)c(C(=O)O)c1NCc1ccc(CO[Si](C)(C)C(C)(C)C)cc1F. The summed E-state index contributed by atoms with van der Waals surface area (Å²) in [4.78, 5) is 22.9. The van der Waals surface area contributed by atoms with Gasteiger partial charge in [0.15, 0.2) is 8.32 Å². The first-order valence-electron chi connectivity index (χ1n) is 10.00.